The van der Waals surface area contributed by atoms with Crippen molar-refractivity contribution in [3.63, 3.8) is 0 Å². The van der Waals surface area contributed by atoms with Crippen LogP contribution in [-0.4, -0.2) is 34.2 Å². The molecule has 3 N–H and O–H groups in total. The van der Waals surface area contributed by atoms with Crippen molar-refractivity contribution >= 4 is 11.9 Å². The minimum Gasteiger partial charge on any atom is -0.508 e. The summed E-state index contributed by atoms with van der Waals surface area (Å²) in [5.41, 5.74) is -1.11. The zero-order chi connectivity index (χ0) is 16.3. The molecule has 2 rings (SSSR count). The van der Waals surface area contributed by atoms with Gasteiger partial charge in [0.2, 0.25) is 0 Å². The van der Waals surface area contributed by atoms with Crippen LogP contribution in [0.3, 0.4) is 0 Å². The van der Waals surface area contributed by atoms with Crippen molar-refractivity contribution in [3.05, 3.63) is 23.8 Å². The Morgan fingerprint density at radius 2 is 2.14 bits per heavy atom. The highest BCUT2D eigenvalue weighted by Crippen LogP contribution is 2.39. The number of hydrogen-bond donors (Lipinski definition) is 3. The molecule has 1 amide bonds. The first-order valence-electron chi connectivity index (χ1n) is 6.77. The molecule has 0 spiro atoms. The highest BCUT2D eigenvalue weighted by molar-refractivity contribution is 5.94. The van der Waals surface area contributed by atoms with E-state index in [4.69, 9.17) is 15.1 Å². The molecule has 22 heavy (non-hydrogen) atoms. The molecule has 1 aromatic rings. The first-order valence-corrected chi connectivity index (χ1v) is 6.77. The molecule has 1 aliphatic carbocycles. The van der Waals surface area contributed by atoms with Gasteiger partial charge in [0.25, 0.3) is 5.91 Å². The van der Waals surface area contributed by atoms with Crippen LogP contribution < -0.4 is 5.32 Å². The van der Waals surface area contributed by atoms with Crippen molar-refractivity contribution in [1.82, 2.24) is 5.32 Å². The van der Waals surface area contributed by atoms with Crippen LogP contribution in [0.4, 0.5) is 0 Å². The average molecular weight is 304 g/mol. The van der Waals surface area contributed by atoms with Gasteiger partial charge in [-0.3, -0.25) is 4.79 Å². The van der Waals surface area contributed by atoms with E-state index in [0.717, 1.165) is 18.9 Å². The summed E-state index contributed by atoms with van der Waals surface area (Å²) in [4.78, 5) is 23.5. The van der Waals surface area contributed by atoms with Gasteiger partial charge in [-0.2, -0.15) is 5.26 Å². The molecule has 0 aromatic heterocycles. The first-order chi connectivity index (χ1) is 10.4. The van der Waals surface area contributed by atoms with Crippen molar-refractivity contribution in [3.8, 4) is 17.6 Å². The van der Waals surface area contributed by atoms with Crippen molar-refractivity contribution < 1.29 is 24.5 Å². The van der Waals surface area contributed by atoms with Gasteiger partial charge in [-0.05, 0) is 37.8 Å². The Bertz CT molecular complexity index is 648. The number of carbonyl (C=O) groups excluding carboxylic acids is 2. The zero-order valence-electron chi connectivity index (χ0n) is 12.0. The van der Waals surface area contributed by atoms with Gasteiger partial charge in [0.15, 0.2) is 6.61 Å². The number of ether oxygens (including phenoxy) is 1. The van der Waals surface area contributed by atoms with Crippen LogP contribution in [0.2, 0.25) is 0 Å². The lowest BCUT2D eigenvalue weighted by Crippen LogP contribution is -2.48. The summed E-state index contributed by atoms with van der Waals surface area (Å²) < 4.78 is 4.80. The van der Waals surface area contributed by atoms with E-state index in [1.807, 2.05) is 0 Å². The molecule has 7 heteroatoms. The number of phenols is 2. The van der Waals surface area contributed by atoms with Crippen molar-refractivity contribution in [2.75, 3.05) is 6.61 Å². The van der Waals surface area contributed by atoms with E-state index in [-0.39, 0.29) is 17.2 Å². The topological polar surface area (TPSA) is 120 Å². The summed E-state index contributed by atoms with van der Waals surface area (Å²) in [5, 5.41) is 30.4. The van der Waals surface area contributed by atoms with Gasteiger partial charge in [0.1, 0.15) is 22.6 Å². The molecule has 0 aliphatic heterocycles. The number of nitriles is 1. The van der Waals surface area contributed by atoms with Crippen molar-refractivity contribution in [2.45, 2.75) is 25.3 Å². The number of amides is 1. The first kappa shape index (κ1) is 15.6. The van der Waals surface area contributed by atoms with Crippen LogP contribution in [0, 0.1) is 17.2 Å². The molecule has 0 heterocycles. The highest BCUT2D eigenvalue weighted by Gasteiger charge is 2.43. The summed E-state index contributed by atoms with van der Waals surface area (Å²) in [7, 11) is 0. The van der Waals surface area contributed by atoms with Gasteiger partial charge in [0.05, 0.1) is 6.07 Å². The Labute approximate surface area is 127 Å². The van der Waals surface area contributed by atoms with Gasteiger partial charge in [-0.1, -0.05) is 0 Å². The second-order valence-corrected chi connectivity index (χ2v) is 5.41. The largest absolute Gasteiger partial charge is 0.508 e. The third-order valence-electron chi connectivity index (χ3n) is 3.56. The third kappa shape index (κ3) is 3.47. The summed E-state index contributed by atoms with van der Waals surface area (Å²) in [6.45, 7) is 1.08. The Balaban J connectivity index is 1.91. The number of benzene rings is 1. The van der Waals surface area contributed by atoms with E-state index in [1.54, 1.807) is 6.92 Å². The van der Waals surface area contributed by atoms with Gasteiger partial charge in [-0.15, -0.1) is 0 Å². The molecular formula is C15H16N2O5. The molecule has 1 atom stereocenters. The van der Waals surface area contributed by atoms with E-state index in [1.165, 1.54) is 12.1 Å². The van der Waals surface area contributed by atoms with Crippen LogP contribution in [0.25, 0.3) is 0 Å². The number of aromatic hydroxyl groups is 2. The van der Waals surface area contributed by atoms with Crippen LogP contribution in [-0.2, 0) is 9.53 Å². The summed E-state index contributed by atoms with van der Waals surface area (Å²) in [5.74, 6) is -1.98. The standard InChI is InChI=1S/C15H16N2O5/c1-15(8-16,9-2-3-9)17-13(20)7-22-14(21)11-5-4-10(18)6-12(11)19/h4-6,9,18-19H,2-3,7H2,1H3,(H,17,20)/t15-/m1/s1. The summed E-state index contributed by atoms with van der Waals surface area (Å²) in [6.07, 6.45) is 1.76. The molecule has 1 aliphatic rings. The quantitative estimate of drug-likeness (QED) is 0.700. The second-order valence-electron chi connectivity index (χ2n) is 5.41. The molecule has 116 valence electrons. The fourth-order valence-corrected chi connectivity index (χ4v) is 2.11. The average Bonchev–Trinajstić information content (AvgIpc) is 3.29. The van der Waals surface area contributed by atoms with E-state index < -0.39 is 29.8 Å². The number of rotatable bonds is 5. The number of carbonyl (C=O) groups is 2. The van der Waals surface area contributed by atoms with E-state index in [9.17, 15) is 14.7 Å². The molecule has 1 fully saturated rings. The van der Waals surface area contributed by atoms with Crippen LogP contribution in [0.1, 0.15) is 30.1 Å². The molecule has 0 saturated heterocycles. The van der Waals surface area contributed by atoms with Gasteiger partial charge < -0.3 is 20.3 Å². The minimum absolute atomic E-state index is 0.123. The SMILES string of the molecule is C[C@](C#N)(NC(=O)COC(=O)c1ccc(O)cc1O)C1CC1. The summed E-state index contributed by atoms with van der Waals surface area (Å²) >= 11 is 0. The number of hydrogen-bond acceptors (Lipinski definition) is 6. The van der Waals surface area contributed by atoms with Gasteiger partial charge >= 0.3 is 5.97 Å². The van der Waals surface area contributed by atoms with E-state index >= 15 is 0 Å². The Kier molecular flexibility index (Phi) is 4.22. The molecule has 1 aromatic carbocycles. The maximum atomic E-state index is 11.8. The van der Waals surface area contributed by atoms with E-state index in [0.29, 0.717) is 0 Å². The van der Waals surface area contributed by atoms with Gasteiger partial charge in [-0.25, -0.2) is 4.79 Å². The molecule has 0 bridgehead atoms. The van der Waals surface area contributed by atoms with Crippen LogP contribution in [0.5, 0.6) is 11.5 Å². The fraction of sp³-hybridized carbons (Fsp3) is 0.400. The summed E-state index contributed by atoms with van der Waals surface area (Å²) in [6, 6.07) is 5.47. The fourth-order valence-electron chi connectivity index (χ4n) is 2.11. The predicted octanol–water partition coefficient (Wildman–Crippen LogP) is 1.06. The minimum atomic E-state index is -0.954. The number of esters is 1. The zero-order valence-corrected chi connectivity index (χ0v) is 12.0. The molecule has 7 nitrogen and oxygen atoms in total. The van der Waals surface area contributed by atoms with Crippen LogP contribution in [0.15, 0.2) is 18.2 Å². The molecule has 0 unspecified atom stereocenters. The normalized spacial score (nSPS) is 16.2. The highest BCUT2D eigenvalue weighted by atomic mass is 16.5. The van der Waals surface area contributed by atoms with E-state index in [2.05, 4.69) is 11.4 Å². The third-order valence-corrected chi connectivity index (χ3v) is 3.56. The number of phenolic OH excluding ortho intramolecular Hbond substituents is 2. The maximum Gasteiger partial charge on any atom is 0.342 e. The number of nitrogens with one attached hydrogen (secondary N) is 1. The Hall–Kier alpha value is -2.75. The lowest BCUT2D eigenvalue weighted by atomic mass is 9.98. The molecular weight excluding hydrogens is 288 g/mol. The monoisotopic (exact) mass is 304 g/mol. The predicted molar refractivity (Wildman–Crippen MR) is 74.9 cm³/mol. The Morgan fingerprint density at radius 3 is 2.68 bits per heavy atom. The van der Waals surface area contributed by atoms with Crippen molar-refractivity contribution in [2.24, 2.45) is 5.92 Å². The van der Waals surface area contributed by atoms with Crippen LogP contribution >= 0.6 is 0 Å². The smallest absolute Gasteiger partial charge is 0.342 e. The van der Waals surface area contributed by atoms with Gasteiger partial charge in [0, 0.05) is 6.07 Å². The lowest BCUT2D eigenvalue weighted by molar-refractivity contribution is -0.125. The van der Waals surface area contributed by atoms with Crippen molar-refractivity contribution in [1.29, 1.82) is 5.26 Å². The molecule has 0 radical (unpaired) electrons. The molecule has 1 saturated carbocycles. The Morgan fingerprint density at radius 1 is 1.45 bits per heavy atom. The number of nitrogens with zero attached hydrogens (tertiary/aromatic N) is 1. The second kappa shape index (κ2) is 5.93. The lowest BCUT2D eigenvalue weighted by Gasteiger charge is -2.22. The maximum absolute atomic E-state index is 11.8.